The lowest BCUT2D eigenvalue weighted by Crippen LogP contribution is -2.34. The predicted molar refractivity (Wildman–Crippen MR) is 190 cm³/mol. The van der Waals surface area contributed by atoms with E-state index >= 15 is 0 Å². The van der Waals surface area contributed by atoms with Crippen LogP contribution in [0.2, 0.25) is 0 Å². The van der Waals surface area contributed by atoms with Crippen LogP contribution in [-0.2, 0) is 32.1 Å². The molecule has 0 fully saturated rings. The van der Waals surface area contributed by atoms with Gasteiger partial charge in [-0.3, -0.25) is 19.2 Å². The first-order chi connectivity index (χ1) is 23.1. The van der Waals surface area contributed by atoms with Gasteiger partial charge in [0.05, 0.1) is 24.0 Å². The monoisotopic (exact) mass is 702 g/mol. The van der Waals surface area contributed by atoms with Crippen molar-refractivity contribution in [3.05, 3.63) is 104 Å². The molecule has 0 radical (unpaired) electrons. The van der Waals surface area contributed by atoms with Crippen LogP contribution in [0.15, 0.2) is 82.7 Å². The molecular weight excluding hydrogens is 669 g/mol. The summed E-state index contributed by atoms with van der Waals surface area (Å²) in [7, 11) is 0. The number of carbonyl (C=O) groups excluding carboxylic acids is 5. The zero-order valence-corrected chi connectivity index (χ0v) is 29.0. The second-order valence-electron chi connectivity index (χ2n) is 10.7. The molecule has 1 atom stereocenters. The SMILES string of the molecule is CCOC(=O)c1c(NC(=O)C(C)Sc2cccc(NC(=O)/C(=C/c3cccs3)NC(=O)c3ccccc3)c2)sc2c1CCN(C(C)=O)C2. The Bertz CT molecular complexity index is 1850. The number of benzene rings is 2. The third-order valence-corrected chi connectivity index (χ3v) is 10.4. The van der Waals surface area contributed by atoms with Crippen molar-refractivity contribution in [2.75, 3.05) is 23.8 Å². The Hall–Kier alpha value is -4.72. The smallest absolute Gasteiger partial charge is 0.341 e. The van der Waals surface area contributed by atoms with E-state index in [0.29, 0.717) is 41.3 Å². The van der Waals surface area contributed by atoms with Crippen LogP contribution in [0, 0.1) is 0 Å². The van der Waals surface area contributed by atoms with Crippen LogP contribution in [0.4, 0.5) is 10.7 Å². The van der Waals surface area contributed by atoms with E-state index in [2.05, 4.69) is 16.0 Å². The van der Waals surface area contributed by atoms with E-state index < -0.39 is 23.0 Å². The molecule has 2 aromatic carbocycles. The van der Waals surface area contributed by atoms with Crippen molar-refractivity contribution in [3.63, 3.8) is 0 Å². The molecule has 1 aliphatic heterocycles. The summed E-state index contributed by atoms with van der Waals surface area (Å²) in [6, 6.07) is 19.4. The van der Waals surface area contributed by atoms with Crippen molar-refractivity contribution < 1.29 is 28.7 Å². The summed E-state index contributed by atoms with van der Waals surface area (Å²) >= 11 is 4.01. The molecule has 13 heteroatoms. The molecule has 248 valence electrons. The number of amides is 4. The van der Waals surface area contributed by atoms with Crippen molar-refractivity contribution in [2.24, 2.45) is 0 Å². The Morgan fingerprint density at radius 1 is 1.02 bits per heavy atom. The number of fused-ring (bicyclic) bond motifs is 1. The molecule has 4 aromatic rings. The standard InChI is InChI=1S/C35H34N4O6S3/c1-4-45-35(44)30-27-15-16-39(22(3)40)20-29(27)48-34(30)38-31(41)21(2)47-26-13-8-12-24(18-26)36-33(43)28(19-25-14-9-17-46-25)37-32(42)23-10-6-5-7-11-23/h5-14,17-19,21H,4,15-16,20H2,1-3H3,(H,36,43)(H,37,42)(H,38,41)/b28-19-. The zero-order chi connectivity index (χ0) is 34.2. The first kappa shape index (κ1) is 34.6. The molecule has 4 amide bonds. The molecule has 0 spiro atoms. The molecule has 0 aliphatic carbocycles. The number of nitrogens with zero attached hydrogens (tertiary/aromatic N) is 1. The highest BCUT2D eigenvalue weighted by Gasteiger charge is 2.31. The van der Waals surface area contributed by atoms with Crippen LogP contribution >= 0.6 is 34.4 Å². The third-order valence-electron chi connectivity index (χ3n) is 7.35. The average molecular weight is 703 g/mol. The van der Waals surface area contributed by atoms with Gasteiger partial charge in [0.15, 0.2) is 0 Å². The maximum Gasteiger partial charge on any atom is 0.341 e. The topological polar surface area (TPSA) is 134 Å². The lowest BCUT2D eigenvalue weighted by Gasteiger charge is -2.25. The first-order valence-corrected chi connectivity index (χ1v) is 17.8. The molecule has 2 aromatic heterocycles. The van der Waals surface area contributed by atoms with Crippen molar-refractivity contribution in [2.45, 2.75) is 43.9 Å². The summed E-state index contributed by atoms with van der Waals surface area (Å²) in [4.78, 5) is 68.7. The van der Waals surface area contributed by atoms with Gasteiger partial charge in [0.1, 0.15) is 10.7 Å². The van der Waals surface area contributed by atoms with Gasteiger partial charge in [-0.2, -0.15) is 0 Å². The molecule has 10 nitrogen and oxygen atoms in total. The largest absolute Gasteiger partial charge is 0.462 e. The number of thioether (sulfide) groups is 1. The van der Waals surface area contributed by atoms with Gasteiger partial charge < -0.3 is 25.6 Å². The van der Waals surface area contributed by atoms with Gasteiger partial charge in [0.25, 0.3) is 11.8 Å². The van der Waals surface area contributed by atoms with E-state index in [1.54, 1.807) is 73.4 Å². The Labute approximate surface area is 290 Å². The normalized spacial score (nSPS) is 13.2. The van der Waals surface area contributed by atoms with Gasteiger partial charge in [-0.25, -0.2) is 4.79 Å². The number of rotatable bonds is 11. The van der Waals surface area contributed by atoms with Crippen molar-refractivity contribution in [3.8, 4) is 0 Å². The van der Waals surface area contributed by atoms with Crippen LogP contribution in [-0.4, -0.2) is 52.9 Å². The number of thiophene rings is 2. The van der Waals surface area contributed by atoms with E-state index in [1.807, 2.05) is 23.6 Å². The molecule has 0 saturated carbocycles. The van der Waals surface area contributed by atoms with Gasteiger partial charge in [-0.05, 0) is 73.7 Å². The van der Waals surface area contributed by atoms with Gasteiger partial charge in [-0.15, -0.1) is 34.4 Å². The van der Waals surface area contributed by atoms with Crippen LogP contribution < -0.4 is 16.0 Å². The Morgan fingerprint density at radius 2 is 1.81 bits per heavy atom. The van der Waals surface area contributed by atoms with Gasteiger partial charge >= 0.3 is 5.97 Å². The average Bonchev–Trinajstić information content (AvgIpc) is 3.72. The Balaban J connectivity index is 1.28. The minimum Gasteiger partial charge on any atom is -0.462 e. The Kier molecular flexibility index (Phi) is 11.5. The lowest BCUT2D eigenvalue weighted by atomic mass is 10.0. The number of hydrogen-bond acceptors (Lipinski definition) is 9. The molecule has 1 aliphatic rings. The minimum absolute atomic E-state index is 0.0487. The highest BCUT2D eigenvalue weighted by molar-refractivity contribution is 8.00. The van der Waals surface area contributed by atoms with E-state index in [-0.39, 0.29) is 24.1 Å². The number of anilines is 2. The quantitative estimate of drug-likeness (QED) is 0.0934. The summed E-state index contributed by atoms with van der Waals surface area (Å²) in [6.45, 7) is 6.05. The van der Waals surface area contributed by atoms with Crippen LogP contribution in [0.3, 0.4) is 0 Å². The van der Waals surface area contributed by atoms with Crippen molar-refractivity contribution in [1.29, 1.82) is 0 Å². The fraction of sp³-hybridized carbons (Fsp3) is 0.229. The second-order valence-corrected chi connectivity index (χ2v) is 14.2. The maximum atomic E-state index is 13.4. The van der Waals surface area contributed by atoms with E-state index in [1.165, 1.54) is 41.4 Å². The highest BCUT2D eigenvalue weighted by Crippen LogP contribution is 2.38. The highest BCUT2D eigenvalue weighted by atomic mass is 32.2. The summed E-state index contributed by atoms with van der Waals surface area (Å²) in [5, 5.41) is 10.2. The lowest BCUT2D eigenvalue weighted by molar-refractivity contribution is -0.129. The van der Waals surface area contributed by atoms with Crippen molar-refractivity contribution >= 4 is 80.8 Å². The van der Waals surface area contributed by atoms with Crippen LogP contribution in [0.25, 0.3) is 6.08 Å². The number of nitrogens with one attached hydrogen (secondary N) is 3. The molecule has 5 rings (SSSR count). The summed E-state index contributed by atoms with van der Waals surface area (Å²) in [5.74, 6) is -1.78. The summed E-state index contributed by atoms with van der Waals surface area (Å²) in [5.41, 5.74) is 2.14. The van der Waals surface area contributed by atoms with Crippen molar-refractivity contribution in [1.82, 2.24) is 10.2 Å². The summed E-state index contributed by atoms with van der Waals surface area (Å²) < 4.78 is 5.31. The van der Waals surface area contributed by atoms with E-state index in [9.17, 15) is 24.0 Å². The van der Waals surface area contributed by atoms with Crippen LogP contribution in [0.1, 0.15) is 56.8 Å². The zero-order valence-electron chi connectivity index (χ0n) is 26.5. The molecule has 3 N–H and O–H groups in total. The summed E-state index contributed by atoms with van der Waals surface area (Å²) in [6.07, 6.45) is 2.12. The molecular formula is C35H34N4O6S3. The van der Waals surface area contributed by atoms with E-state index in [0.717, 1.165) is 20.2 Å². The Morgan fingerprint density at radius 3 is 2.52 bits per heavy atom. The number of esters is 1. The van der Waals surface area contributed by atoms with Crippen LogP contribution in [0.5, 0.6) is 0 Å². The molecule has 48 heavy (non-hydrogen) atoms. The minimum atomic E-state index is -0.571. The maximum absolute atomic E-state index is 13.4. The predicted octanol–water partition coefficient (Wildman–Crippen LogP) is 6.42. The van der Waals surface area contributed by atoms with Gasteiger partial charge in [-0.1, -0.05) is 30.3 Å². The molecule has 0 saturated heterocycles. The number of hydrogen-bond donors (Lipinski definition) is 3. The fourth-order valence-electron chi connectivity index (χ4n) is 4.95. The number of carbonyl (C=O) groups is 5. The fourth-order valence-corrected chi connectivity index (χ4v) is 7.79. The van der Waals surface area contributed by atoms with Gasteiger partial charge in [0, 0.05) is 39.4 Å². The molecule has 3 heterocycles. The number of ether oxygens (including phenoxy) is 1. The second kappa shape index (κ2) is 15.9. The first-order valence-electron chi connectivity index (χ1n) is 15.2. The van der Waals surface area contributed by atoms with Gasteiger partial charge in [0.2, 0.25) is 11.8 Å². The molecule has 0 bridgehead atoms. The molecule has 1 unspecified atom stereocenters. The van der Waals surface area contributed by atoms with E-state index in [4.69, 9.17) is 4.74 Å². The third kappa shape index (κ3) is 8.59.